The first-order valence-electron chi connectivity index (χ1n) is 8.13. The minimum absolute atomic E-state index is 0.0396. The molecule has 0 saturated carbocycles. The second kappa shape index (κ2) is 7.30. The first-order chi connectivity index (χ1) is 12.5. The smallest absolute Gasteiger partial charge is 0.374 e. The molecule has 0 aliphatic carbocycles. The Balaban J connectivity index is 1.78. The van der Waals surface area contributed by atoms with Crippen molar-refractivity contribution in [3.63, 3.8) is 0 Å². The van der Waals surface area contributed by atoms with Crippen LogP contribution in [0.3, 0.4) is 0 Å². The van der Waals surface area contributed by atoms with E-state index in [9.17, 15) is 14.4 Å². The van der Waals surface area contributed by atoms with E-state index in [1.165, 1.54) is 0 Å². The highest BCUT2D eigenvalue weighted by atomic mass is 16.5. The molecular weight excluding hydrogens is 340 g/mol. The van der Waals surface area contributed by atoms with E-state index in [-0.39, 0.29) is 30.2 Å². The molecule has 1 aromatic heterocycles. The first-order valence-corrected chi connectivity index (χ1v) is 8.13. The number of fused-ring (bicyclic) bond motifs is 1. The molecule has 26 heavy (non-hydrogen) atoms. The van der Waals surface area contributed by atoms with Crippen molar-refractivity contribution in [2.45, 2.75) is 19.9 Å². The van der Waals surface area contributed by atoms with Crippen molar-refractivity contribution in [2.24, 2.45) is 0 Å². The van der Waals surface area contributed by atoms with Crippen LogP contribution in [0.1, 0.15) is 24.4 Å². The summed E-state index contributed by atoms with van der Waals surface area (Å²) in [4.78, 5) is 36.0. The van der Waals surface area contributed by atoms with E-state index in [0.29, 0.717) is 5.58 Å². The molecule has 1 aromatic carbocycles. The summed E-state index contributed by atoms with van der Waals surface area (Å²) in [5, 5.41) is 5.83. The number of benzene rings is 1. The fourth-order valence-corrected chi connectivity index (χ4v) is 2.68. The topological polar surface area (TPSA) is 107 Å². The standard InChI is InChI=1S/C18H18N2O6/c1-3-24-17(22)15-10(2)19-18(23)20-12(15)9-25-16(21)14-8-11-6-4-5-7-13(11)26-14/h4-8,10H,3,9H2,1-2H3,(H2,19,20,23)/t10-/m1/s1. The van der Waals surface area contributed by atoms with Gasteiger partial charge in [-0.25, -0.2) is 14.4 Å². The van der Waals surface area contributed by atoms with Gasteiger partial charge in [0.1, 0.15) is 12.2 Å². The molecule has 1 aliphatic heterocycles. The second-order valence-electron chi connectivity index (χ2n) is 5.66. The van der Waals surface area contributed by atoms with Gasteiger partial charge < -0.3 is 24.5 Å². The van der Waals surface area contributed by atoms with E-state index in [1.54, 1.807) is 32.0 Å². The summed E-state index contributed by atoms with van der Waals surface area (Å²) in [7, 11) is 0. The number of nitrogens with one attached hydrogen (secondary N) is 2. The Morgan fingerprint density at radius 1 is 1.19 bits per heavy atom. The van der Waals surface area contributed by atoms with Crippen LogP contribution in [-0.2, 0) is 14.3 Å². The predicted octanol–water partition coefficient (Wildman–Crippen LogP) is 2.11. The monoisotopic (exact) mass is 358 g/mol. The lowest BCUT2D eigenvalue weighted by atomic mass is 10.0. The van der Waals surface area contributed by atoms with Crippen molar-refractivity contribution in [1.29, 1.82) is 0 Å². The van der Waals surface area contributed by atoms with Crippen molar-refractivity contribution in [2.75, 3.05) is 13.2 Å². The maximum atomic E-state index is 12.2. The van der Waals surface area contributed by atoms with Gasteiger partial charge in [-0.05, 0) is 26.0 Å². The summed E-state index contributed by atoms with van der Waals surface area (Å²) in [5.41, 5.74) is 0.961. The number of para-hydroxylation sites is 1. The Morgan fingerprint density at radius 2 is 1.96 bits per heavy atom. The molecule has 2 aromatic rings. The van der Waals surface area contributed by atoms with Crippen molar-refractivity contribution < 1.29 is 28.3 Å². The van der Waals surface area contributed by atoms with E-state index >= 15 is 0 Å². The van der Waals surface area contributed by atoms with Crippen LogP contribution in [0.4, 0.5) is 4.79 Å². The van der Waals surface area contributed by atoms with Crippen LogP contribution in [0.15, 0.2) is 46.0 Å². The maximum Gasteiger partial charge on any atom is 0.374 e. The lowest BCUT2D eigenvalue weighted by Gasteiger charge is -2.26. The molecular formula is C18H18N2O6. The van der Waals surface area contributed by atoms with Gasteiger partial charge in [0.15, 0.2) is 0 Å². The van der Waals surface area contributed by atoms with Crippen molar-refractivity contribution >= 4 is 28.9 Å². The summed E-state index contributed by atoms with van der Waals surface area (Å²) >= 11 is 0. The highest BCUT2D eigenvalue weighted by Crippen LogP contribution is 2.20. The highest BCUT2D eigenvalue weighted by molar-refractivity contribution is 5.95. The Labute approximate surface area is 149 Å². The van der Waals surface area contributed by atoms with Gasteiger partial charge in [-0.1, -0.05) is 18.2 Å². The minimum Gasteiger partial charge on any atom is -0.463 e. The zero-order valence-electron chi connectivity index (χ0n) is 14.3. The van der Waals surface area contributed by atoms with Crippen molar-refractivity contribution in [1.82, 2.24) is 10.6 Å². The molecule has 2 amide bonds. The van der Waals surface area contributed by atoms with Crippen LogP contribution in [0.25, 0.3) is 11.0 Å². The van der Waals surface area contributed by atoms with E-state index in [1.807, 2.05) is 12.1 Å². The molecule has 1 atom stereocenters. The van der Waals surface area contributed by atoms with Crippen LogP contribution in [0.5, 0.6) is 0 Å². The van der Waals surface area contributed by atoms with Crippen molar-refractivity contribution in [3.8, 4) is 0 Å². The fraction of sp³-hybridized carbons (Fsp3) is 0.278. The summed E-state index contributed by atoms with van der Waals surface area (Å²) in [6.07, 6.45) is 0. The maximum absolute atomic E-state index is 12.2. The summed E-state index contributed by atoms with van der Waals surface area (Å²) < 4.78 is 15.7. The van der Waals surface area contributed by atoms with E-state index in [2.05, 4.69) is 10.6 Å². The second-order valence-corrected chi connectivity index (χ2v) is 5.66. The number of hydrogen-bond donors (Lipinski definition) is 2. The Hall–Kier alpha value is -3.29. The average molecular weight is 358 g/mol. The van der Waals surface area contributed by atoms with Crippen LogP contribution in [0, 0.1) is 0 Å². The zero-order chi connectivity index (χ0) is 18.7. The third kappa shape index (κ3) is 3.53. The van der Waals surface area contributed by atoms with Crippen LogP contribution >= 0.6 is 0 Å². The largest absolute Gasteiger partial charge is 0.463 e. The molecule has 0 radical (unpaired) electrons. The van der Waals surface area contributed by atoms with Crippen LogP contribution in [-0.4, -0.2) is 37.2 Å². The molecule has 0 saturated heterocycles. The number of carbonyl (C=O) groups excluding carboxylic acids is 3. The van der Waals surface area contributed by atoms with Crippen LogP contribution < -0.4 is 10.6 Å². The van der Waals surface area contributed by atoms with E-state index in [0.717, 1.165) is 5.39 Å². The van der Waals surface area contributed by atoms with E-state index in [4.69, 9.17) is 13.9 Å². The number of urea groups is 1. The molecule has 0 spiro atoms. The molecule has 8 nitrogen and oxygen atoms in total. The predicted molar refractivity (Wildman–Crippen MR) is 91.3 cm³/mol. The number of carbonyl (C=O) groups is 3. The summed E-state index contributed by atoms with van der Waals surface area (Å²) in [5.74, 6) is -1.24. The molecule has 1 aliphatic rings. The van der Waals surface area contributed by atoms with Gasteiger partial charge >= 0.3 is 18.0 Å². The van der Waals surface area contributed by atoms with Gasteiger partial charge in [-0.15, -0.1) is 0 Å². The van der Waals surface area contributed by atoms with Gasteiger partial charge in [-0.3, -0.25) is 0 Å². The Morgan fingerprint density at radius 3 is 2.69 bits per heavy atom. The molecule has 136 valence electrons. The quantitative estimate of drug-likeness (QED) is 0.793. The van der Waals surface area contributed by atoms with Crippen molar-refractivity contribution in [3.05, 3.63) is 47.4 Å². The molecule has 0 unspecified atom stereocenters. The highest BCUT2D eigenvalue weighted by Gasteiger charge is 2.30. The third-order valence-corrected chi connectivity index (χ3v) is 3.84. The molecule has 0 bridgehead atoms. The van der Waals surface area contributed by atoms with Gasteiger partial charge in [0.2, 0.25) is 5.76 Å². The number of amides is 2. The van der Waals surface area contributed by atoms with E-state index < -0.39 is 24.0 Å². The summed E-state index contributed by atoms with van der Waals surface area (Å²) in [6, 6.07) is 7.69. The molecule has 2 N–H and O–H groups in total. The lowest BCUT2D eigenvalue weighted by Crippen LogP contribution is -2.50. The van der Waals surface area contributed by atoms with Crippen LogP contribution in [0.2, 0.25) is 0 Å². The molecule has 3 rings (SSSR count). The number of esters is 2. The Bertz CT molecular complexity index is 865. The minimum atomic E-state index is -0.697. The normalized spacial score (nSPS) is 16.8. The SMILES string of the molecule is CCOC(=O)C1=C(COC(=O)c2cc3ccccc3o2)NC(=O)N[C@@H]1C. The van der Waals surface area contributed by atoms with Gasteiger partial charge in [0.05, 0.1) is 23.9 Å². The molecule has 2 heterocycles. The zero-order valence-corrected chi connectivity index (χ0v) is 14.3. The lowest BCUT2D eigenvalue weighted by molar-refractivity contribution is -0.139. The van der Waals surface area contributed by atoms with Gasteiger partial charge in [0.25, 0.3) is 0 Å². The Kier molecular flexibility index (Phi) is 4.92. The number of rotatable bonds is 5. The average Bonchev–Trinajstić information content (AvgIpc) is 3.03. The summed E-state index contributed by atoms with van der Waals surface area (Å²) in [6.45, 7) is 3.22. The fourth-order valence-electron chi connectivity index (χ4n) is 2.68. The first kappa shape index (κ1) is 17.5. The number of ether oxygens (including phenoxy) is 2. The molecule has 8 heteroatoms. The van der Waals surface area contributed by atoms with Gasteiger partial charge in [0, 0.05) is 5.39 Å². The number of hydrogen-bond acceptors (Lipinski definition) is 6. The van der Waals surface area contributed by atoms with Gasteiger partial charge in [-0.2, -0.15) is 0 Å². The molecule has 0 fully saturated rings. The number of furan rings is 1. The third-order valence-electron chi connectivity index (χ3n) is 3.84.